The number of halogens is 1. The number of nitrogens with zero attached hydrogens (tertiary/aromatic N) is 4. The van der Waals surface area contributed by atoms with Crippen LogP contribution in [0.15, 0.2) is 9.63 Å². The van der Waals surface area contributed by atoms with Crippen LogP contribution in [0.25, 0.3) is 0 Å². The Labute approximate surface area is 110 Å². The molecule has 0 aliphatic rings. The van der Waals surface area contributed by atoms with Crippen molar-refractivity contribution in [1.29, 1.82) is 0 Å². The van der Waals surface area contributed by atoms with Gasteiger partial charge in [-0.2, -0.15) is 4.31 Å². The first-order valence-corrected chi connectivity index (χ1v) is 7.42. The van der Waals surface area contributed by atoms with Crippen LogP contribution in [-0.4, -0.2) is 40.3 Å². The molecule has 98 valence electrons. The molecule has 6 nitrogen and oxygen atoms in total. The molecule has 0 saturated carbocycles. The normalized spacial score (nSPS) is 13.4. The minimum atomic E-state index is -3.60. The molecule has 0 amide bonds. The van der Waals surface area contributed by atoms with Crippen LogP contribution in [0.3, 0.4) is 0 Å². The SMILES string of the molecule is CCC(C)(C)N(C)S(=O)(=O)c1c(Br)nnn1C. The molecule has 1 aromatic rings. The molecule has 0 atom stereocenters. The maximum Gasteiger partial charge on any atom is 0.263 e. The van der Waals surface area contributed by atoms with Gasteiger partial charge in [-0.05, 0) is 36.2 Å². The van der Waals surface area contributed by atoms with Gasteiger partial charge in [0.1, 0.15) is 0 Å². The molecule has 1 heterocycles. The molecule has 0 saturated heterocycles. The Morgan fingerprint density at radius 1 is 1.47 bits per heavy atom. The van der Waals surface area contributed by atoms with Gasteiger partial charge in [0.25, 0.3) is 10.0 Å². The van der Waals surface area contributed by atoms with Gasteiger partial charge < -0.3 is 0 Å². The van der Waals surface area contributed by atoms with Gasteiger partial charge >= 0.3 is 0 Å². The third-order valence-corrected chi connectivity index (χ3v) is 6.02. The van der Waals surface area contributed by atoms with Crippen LogP contribution in [0, 0.1) is 0 Å². The lowest BCUT2D eigenvalue weighted by atomic mass is 10.0. The summed E-state index contributed by atoms with van der Waals surface area (Å²) in [7, 11) is -0.482. The Kier molecular flexibility index (Phi) is 4.00. The zero-order chi connectivity index (χ0) is 13.4. The van der Waals surface area contributed by atoms with Gasteiger partial charge in [-0.3, -0.25) is 0 Å². The summed E-state index contributed by atoms with van der Waals surface area (Å²) in [6.45, 7) is 5.70. The molecule has 0 N–H and O–H groups in total. The second kappa shape index (κ2) is 4.66. The van der Waals surface area contributed by atoms with Crippen molar-refractivity contribution in [2.24, 2.45) is 7.05 Å². The lowest BCUT2D eigenvalue weighted by Crippen LogP contribution is -2.45. The monoisotopic (exact) mass is 324 g/mol. The van der Waals surface area contributed by atoms with E-state index in [-0.39, 0.29) is 9.63 Å². The van der Waals surface area contributed by atoms with Crippen LogP contribution in [0.4, 0.5) is 0 Å². The van der Waals surface area contributed by atoms with Crippen LogP contribution >= 0.6 is 15.9 Å². The molecule has 0 bridgehead atoms. The van der Waals surface area contributed by atoms with Gasteiger partial charge in [0.2, 0.25) is 5.03 Å². The van der Waals surface area contributed by atoms with Gasteiger partial charge in [0.15, 0.2) is 4.60 Å². The van der Waals surface area contributed by atoms with E-state index in [1.165, 1.54) is 8.99 Å². The minimum absolute atomic E-state index is 0.0709. The quantitative estimate of drug-likeness (QED) is 0.839. The number of aromatic nitrogens is 3. The van der Waals surface area contributed by atoms with Gasteiger partial charge in [-0.15, -0.1) is 5.10 Å². The summed E-state index contributed by atoms with van der Waals surface area (Å²) in [4.78, 5) is 0. The van der Waals surface area contributed by atoms with Crippen molar-refractivity contribution in [2.45, 2.75) is 37.8 Å². The standard InChI is InChI=1S/C9H17BrN4O2S/c1-6-9(2,3)14(5)17(15,16)8-7(10)11-12-13(8)4/h6H2,1-5H3. The summed E-state index contributed by atoms with van der Waals surface area (Å²) in [6.07, 6.45) is 0.714. The van der Waals surface area contributed by atoms with Crippen molar-refractivity contribution in [3.63, 3.8) is 0 Å². The van der Waals surface area contributed by atoms with Gasteiger partial charge in [-0.25, -0.2) is 13.1 Å². The highest BCUT2D eigenvalue weighted by Gasteiger charge is 2.36. The average Bonchev–Trinajstić information content (AvgIpc) is 2.57. The molecule has 0 spiro atoms. The minimum Gasteiger partial charge on any atom is -0.235 e. The fraction of sp³-hybridized carbons (Fsp3) is 0.778. The molecule has 17 heavy (non-hydrogen) atoms. The van der Waals surface area contributed by atoms with Crippen LogP contribution in [-0.2, 0) is 17.1 Å². The van der Waals surface area contributed by atoms with E-state index in [1.807, 2.05) is 20.8 Å². The van der Waals surface area contributed by atoms with E-state index in [4.69, 9.17) is 0 Å². The summed E-state index contributed by atoms with van der Waals surface area (Å²) < 4.78 is 27.7. The molecular formula is C9H17BrN4O2S. The lowest BCUT2D eigenvalue weighted by Gasteiger charge is -2.33. The van der Waals surface area contributed by atoms with Crippen molar-refractivity contribution in [1.82, 2.24) is 19.3 Å². The maximum atomic E-state index is 12.4. The van der Waals surface area contributed by atoms with Crippen molar-refractivity contribution in [3.8, 4) is 0 Å². The summed E-state index contributed by atoms with van der Waals surface area (Å²) in [5.74, 6) is 0. The van der Waals surface area contributed by atoms with Crippen molar-refractivity contribution in [3.05, 3.63) is 4.60 Å². The van der Waals surface area contributed by atoms with Crippen molar-refractivity contribution >= 4 is 26.0 Å². The van der Waals surface area contributed by atoms with Gasteiger partial charge in [0, 0.05) is 19.6 Å². The fourth-order valence-electron chi connectivity index (χ4n) is 1.27. The molecule has 0 radical (unpaired) electrons. The third-order valence-electron chi connectivity index (χ3n) is 3.06. The first kappa shape index (κ1) is 14.6. The van der Waals surface area contributed by atoms with E-state index in [0.29, 0.717) is 6.42 Å². The van der Waals surface area contributed by atoms with E-state index in [1.54, 1.807) is 14.1 Å². The van der Waals surface area contributed by atoms with E-state index in [0.717, 1.165) is 0 Å². The Morgan fingerprint density at radius 3 is 2.35 bits per heavy atom. The van der Waals surface area contributed by atoms with Gasteiger partial charge in [-0.1, -0.05) is 12.1 Å². The molecule has 1 aromatic heterocycles. The molecule has 0 aliphatic carbocycles. The summed E-state index contributed by atoms with van der Waals surface area (Å²) >= 11 is 3.11. The second-order valence-corrected chi connectivity index (χ2v) is 7.08. The number of sulfonamides is 1. The third kappa shape index (κ3) is 2.53. The highest BCUT2D eigenvalue weighted by molar-refractivity contribution is 9.10. The van der Waals surface area contributed by atoms with Gasteiger partial charge in [0.05, 0.1) is 0 Å². The fourth-order valence-corrected chi connectivity index (χ4v) is 3.88. The van der Waals surface area contributed by atoms with Crippen LogP contribution < -0.4 is 0 Å². The zero-order valence-corrected chi connectivity index (χ0v) is 13.0. The maximum absolute atomic E-state index is 12.4. The smallest absolute Gasteiger partial charge is 0.235 e. The van der Waals surface area contributed by atoms with Crippen LogP contribution in [0.2, 0.25) is 0 Å². The molecule has 1 rings (SSSR count). The van der Waals surface area contributed by atoms with E-state index in [9.17, 15) is 8.42 Å². The number of rotatable bonds is 4. The summed E-state index contributed by atoms with van der Waals surface area (Å²) in [5, 5.41) is 7.45. The van der Waals surface area contributed by atoms with E-state index in [2.05, 4.69) is 26.2 Å². The summed E-state index contributed by atoms with van der Waals surface area (Å²) in [5.41, 5.74) is -0.456. The van der Waals surface area contributed by atoms with E-state index < -0.39 is 15.6 Å². The van der Waals surface area contributed by atoms with E-state index >= 15 is 0 Å². The Morgan fingerprint density at radius 2 is 2.00 bits per heavy atom. The molecular weight excluding hydrogens is 308 g/mol. The first-order chi connectivity index (χ1) is 7.64. The molecule has 0 unspecified atom stereocenters. The second-order valence-electron chi connectivity index (χ2n) is 4.45. The van der Waals surface area contributed by atoms with Crippen molar-refractivity contribution < 1.29 is 8.42 Å². The molecule has 0 fully saturated rings. The Bertz CT molecular complexity index is 490. The highest BCUT2D eigenvalue weighted by Crippen LogP contribution is 2.27. The highest BCUT2D eigenvalue weighted by atomic mass is 79.9. The van der Waals surface area contributed by atoms with Crippen molar-refractivity contribution in [2.75, 3.05) is 7.05 Å². The molecule has 8 heteroatoms. The Hall–Kier alpha value is -0.470. The molecule has 0 aromatic carbocycles. The first-order valence-electron chi connectivity index (χ1n) is 5.18. The van der Waals surface area contributed by atoms with Crippen LogP contribution in [0.1, 0.15) is 27.2 Å². The largest absolute Gasteiger partial charge is 0.263 e. The lowest BCUT2D eigenvalue weighted by molar-refractivity contribution is 0.255. The number of aryl methyl sites for hydroxylation is 1. The average molecular weight is 325 g/mol. The predicted octanol–water partition coefficient (Wildman–Crippen LogP) is 1.39. The zero-order valence-electron chi connectivity index (χ0n) is 10.6. The number of hydrogen-bond donors (Lipinski definition) is 0. The Balaban J connectivity index is 3.31. The predicted molar refractivity (Wildman–Crippen MR) is 68.0 cm³/mol. The topological polar surface area (TPSA) is 68.1 Å². The van der Waals surface area contributed by atoms with Crippen LogP contribution in [0.5, 0.6) is 0 Å². The number of hydrogen-bond acceptors (Lipinski definition) is 4. The summed E-state index contributed by atoms with van der Waals surface area (Å²) in [6, 6.07) is 0. The molecule has 0 aliphatic heterocycles.